The lowest BCUT2D eigenvalue weighted by atomic mass is 10.2. The zero-order valence-electron chi connectivity index (χ0n) is 8.32. The summed E-state index contributed by atoms with van der Waals surface area (Å²) in [5.41, 5.74) is 5.27. The molecule has 0 fully saturated rings. The van der Waals surface area contributed by atoms with E-state index in [0.29, 0.717) is 18.7 Å². The number of hydrogen-bond acceptors (Lipinski definition) is 4. The third kappa shape index (κ3) is 7.72. The molecule has 0 rings (SSSR count). The minimum Gasteiger partial charge on any atom is -0.409 e. The van der Waals surface area contributed by atoms with Crippen LogP contribution >= 0.6 is 11.8 Å². The molecule has 14 heavy (non-hydrogen) atoms. The van der Waals surface area contributed by atoms with E-state index < -0.39 is 0 Å². The SMILES string of the molecule is CSCC(=O)NCCCCC(N)=NO. The summed E-state index contributed by atoms with van der Waals surface area (Å²) in [7, 11) is 0. The fraction of sp³-hybridized carbons (Fsp3) is 0.750. The highest BCUT2D eigenvalue weighted by molar-refractivity contribution is 7.99. The summed E-state index contributed by atoms with van der Waals surface area (Å²) < 4.78 is 0. The number of carbonyl (C=O) groups is 1. The van der Waals surface area contributed by atoms with E-state index in [-0.39, 0.29) is 11.7 Å². The Hall–Kier alpha value is -0.910. The molecule has 0 saturated heterocycles. The van der Waals surface area contributed by atoms with E-state index in [1.165, 1.54) is 11.8 Å². The van der Waals surface area contributed by atoms with Crippen molar-refractivity contribution in [3.8, 4) is 0 Å². The van der Waals surface area contributed by atoms with E-state index in [9.17, 15) is 4.79 Å². The average molecular weight is 219 g/mol. The first kappa shape index (κ1) is 13.1. The molecule has 0 aromatic rings. The molecule has 0 aliphatic carbocycles. The minimum absolute atomic E-state index is 0.0568. The van der Waals surface area contributed by atoms with Gasteiger partial charge in [0, 0.05) is 13.0 Å². The first-order valence-electron chi connectivity index (χ1n) is 4.42. The van der Waals surface area contributed by atoms with Crippen molar-refractivity contribution in [2.75, 3.05) is 18.6 Å². The molecule has 5 nitrogen and oxygen atoms in total. The Bertz CT molecular complexity index is 197. The van der Waals surface area contributed by atoms with Gasteiger partial charge in [-0.3, -0.25) is 4.79 Å². The molecule has 0 spiro atoms. The van der Waals surface area contributed by atoms with Crippen molar-refractivity contribution in [1.82, 2.24) is 5.32 Å². The third-order valence-electron chi connectivity index (χ3n) is 1.59. The monoisotopic (exact) mass is 219 g/mol. The summed E-state index contributed by atoms with van der Waals surface area (Å²) in [5.74, 6) is 0.794. The van der Waals surface area contributed by atoms with Crippen LogP contribution in [0, 0.1) is 0 Å². The van der Waals surface area contributed by atoms with Crippen molar-refractivity contribution >= 4 is 23.5 Å². The van der Waals surface area contributed by atoms with Gasteiger partial charge in [-0.2, -0.15) is 11.8 Å². The molecule has 0 aliphatic rings. The number of carbonyl (C=O) groups excluding carboxylic acids is 1. The molecule has 0 radical (unpaired) electrons. The molecule has 6 heteroatoms. The predicted molar refractivity (Wildman–Crippen MR) is 58.7 cm³/mol. The van der Waals surface area contributed by atoms with Gasteiger partial charge in [0.2, 0.25) is 5.91 Å². The number of amides is 1. The number of nitrogens with zero attached hydrogens (tertiary/aromatic N) is 1. The molecule has 0 atom stereocenters. The van der Waals surface area contributed by atoms with Gasteiger partial charge >= 0.3 is 0 Å². The number of thioether (sulfide) groups is 1. The van der Waals surface area contributed by atoms with E-state index in [4.69, 9.17) is 10.9 Å². The molecule has 4 N–H and O–H groups in total. The Morgan fingerprint density at radius 1 is 1.57 bits per heavy atom. The summed E-state index contributed by atoms with van der Waals surface area (Å²) in [5, 5.41) is 13.9. The molecular formula is C8H17N3O2S. The molecule has 0 bridgehead atoms. The highest BCUT2D eigenvalue weighted by Gasteiger charge is 1.98. The minimum atomic E-state index is 0.0568. The summed E-state index contributed by atoms with van der Waals surface area (Å²) in [6, 6.07) is 0. The first-order chi connectivity index (χ1) is 6.70. The van der Waals surface area contributed by atoms with Gasteiger partial charge in [0.15, 0.2) is 0 Å². The molecule has 0 aromatic heterocycles. The molecule has 0 aromatic carbocycles. The molecule has 0 aliphatic heterocycles. The molecule has 82 valence electrons. The molecule has 0 heterocycles. The Kier molecular flexibility index (Phi) is 8.11. The largest absolute Gasteiger partial charge is 0.409 e. The van der Waals surface area contributed by atoms with Crippen LogP contribution in [0.1, 0.15) is 19.3 Å². The van der Waals surface area contributed by atoms with Crippen molar-refractivity contribution in [3.63, 3.8) is 0 Å². The van der Waals surface area contributed by atoms with Crippen LogP contribution in [0.3, 0.4) is 0 Å². The van der Waals surface area contributed by atoms with Crippen molar-refractivity contribution in [2.24, 2.45) is 10.9 Å². The maximum atomic E-state index is 11.0. The standard InChI is InChI=1S/C8H17N3O2S/c1-14-6-8(12)10-5-3-2-4-7(9)11-13/h13H,2-6H2,1H3,(H2,9,11)(H,10,12). The van der Waals surface area contributed by atoms with E-state index in [1.807, 2.05) is 6.26 Å². The predicted octanol–water partition coefficient (Wildman–Crippen LogP) is 0.382. The number of rotatable bonds is 7. The van der Waals surface area contributed by atoms with Crippen LogP contribution in [0.5, 0.6) is 0 Å². The second-order valence-corrected chi connectivity index (χ2v) is 3.70. The van der Waals surface area contributed by atoms with Crippen LogP contribution in [0.4, 0.5) is 0 Å². The van der Waals surface area contributed by atoms with Gasteiger partial charge in [0.1, 0.15) is 5.84 Å². The smallest absolute Gasteiger partial charge is 0.229 e. The van der Waals surface area contributed by atoms with Gasteiger partial charge in [-0.25, -0.2) is 0 Å². The normalized spacial score (nSPS) is 11.4. The Balaban J connectivity index is 3.25. The highest BCUT2D eigenvalue weighted by Crippen LogP contribution is 1.94. The maximum Gasteiger partial charge on any atom is 0.229 e. The fourth-order valence-electron chi connectivity index (χ4n) is 0.891. The van der Waals surface area contributed by atoms with Crippen LogP contribution in [-0.2, 0) is 4.79 Å². The molecular weight excluding hydrogens is 202 g/mol. The summed E-state index contributed by atoms with van der Waals surface area (Å²) >= 11 is 1.50. The van der Waals surface area contributed by atoms with Crippen LogP contribution in [0.2, 0.25) is 0 Å². The fourth-order valence-corrected chi connectivity index (χ4v) is 1.26. The van der Waals surface area contributed by atoms with Crippen molar-refractivity contribution in [3.05, 3.63) is 0 Å². The average Bonchev–Trinajstić information content (AvgIpc) is 2.17. The summed E-state index contributed by atoms with van der Waals surface area (Å²) in [6.45, 7) is 0.651. The Morgan fingerprint density at radius 3 is 2.86 bits per heavy atom. The lowest BCUT2D eigenvalue weighted by Crippen LogP contribution is -2.26. The number of oxime groups is 1. The number of nitrogens with one attached hydrogen (secondary N) is 1. The first-order valence-corrected chi connectivity index (χ1v) is 5.82. The van der Waals surface area contributed by atoms with E-state index >= 15 is 0 Å². The van der Waals surface area contributed by atoms with Crippen LogP contribution in [-0.4, -0.2) is 35.5 Å². The van der Waals surface area contributed by atoms with Crippen LogP contribution in [0.15, 0.2) is 5.16 Å². The van der Waals surface area contributed by atoms with Crippen molar-refractivity contribution in [1.29, 1.82) is 0 Å². The lowest BCUT2D eigenvalue weighted by Gasteiger charge is -2.03. The van der Waals surface area contributed by atoms with Gasteiger partial charge in [-0.15, -0.1) is 0 Å². The van der Waals surface area contributed by atoms with Crippen LogP contribution < -0.4 is 11.1 Å². The maximum absolute atomic E-state index is 11.0. The second-order valence-electron chi connectivity index (χ2n) is 2.83. The lowest BCUT2D eigenvalue weighted by molar-refractivity contribution is -0.118. The zero-order chi connectivity index (χ0) is 10.8. The number of nitrogens with two attached hydrogens (primary N) is 1. The van der Waals surface area contributed by atoms with E-state index in [2.05, 4.69) is 10.5 Å². The Morgan fingerprint density at radius 2 is 2.29 bits per heavy atom. The van der Waals surface area contributed by atoms with Gasteiger partial charge in [0.05, 0.1) is 5.75 Å². The van der Waals surface area contributed by atoms with Crippen LogP contribution in [0.25, 0.3) is 0 Å². The summed E-state index contributed by atoms with van der Waals surface area (Å²) in [6.07, 6.45) is 4.11. The number of amidine groups is 1. The zero-order valence-corrected chi connectivity index (χ0v) is 9.14. The van der Waals surface area contributed by atoms with Gasteiger partial charge in [-0.05, 0) is 19.1 Å². The van der Waals surface area contributed by atoms with Crippen molar-refractivity contribution in [2.45, 2.75) is 19.3 Å². The van der Waals surface area contributed by atoms with Gasteiger partial charge in [0.25, 0.3) is 0 Å². The van der Waals surface area contributed by atoms with Gasteiger partial charge in [-0.1, -0.05) is 5.16 Å². The van der Waals surface area contributed by atoms with E-state index in [1.54, 1.807) is 0 Å². The Labute approximate surface area is 88.1 Å². The van der Waals surface area contributed by atoms with Crippen molar-refractivity contribution < 1.29 is 10.0 Å². The van der Waals surface area contributed by atoms with E-state index in [0.717, 1.165) is 12.8 Å². The summed E-state index contributed by atoms with van der Waals surface area (Å²) in [4.78, 5) is 11.0. The second kappa shape index (κ2) is 8.68. The van der Waals surface area contributed by atoms with Gasteiger partial charge < -0.3 is 16.3 Å². The highest BCUT2D eigenvalue weighted by atomic mass is 32.2. The quantitative estimate of drug-likeness (QED) is 0.190. The molecule has 0 saturated carbocycles. The molecule has 0 unspecified atom stereocenters. The number of unbranched alkanes of at least 4 members (excludes halogenated alkanes) is 1. The molecule has 1 amide bonds. The third-order valence-corrected chi connectivity index (χ3v) is 2.14. The topological polar surface area (TPSA) is 87.7 Å². The number of hydrogen-bond donors (Lipinski definition) is 3.